The first kappa shape index (κ1) is 11.2. The molecule has 1 atom stereocenters. The molecule has 0 spiro atoms. The van der Waals surface area contributed by atoms with Gasteiger partial charge in [0.15, 0.2) is 0 Å². The van der Waals surface area contributed by atoms with Crippen LogP contribution in [0.1, 0.15) is 32.1 Å². The minimum atomic E-state index is -0.709. The van der Waals surface area contributed by atoms with Gasteiger partial charge in [-0.15, -0.1) is 0 Å². The summed E-state index contributed by atoms with van der Waals surface area (Å²) in [5, 5.41) is 17.8. The van der Waals surface area contributed by atoms with E-state index in [1.54, 1.807) is 4.42 Å². The molecule has 0 saturated heterocycles. The molecular weight excluding hydrogens is 190 g/mol. The van der Waals surface area contributed by atoms with Crippen LogP contribution in [0.2, 0.25) is 0 Å². The molecule has 13 heavy (non-hydrogen) atoms. The molecule has 2 N–H and O–H groups in total. The highest BCUT2D eigenvalue weighted by atomic mass is 35.5. The van der Waals surface area contributed by atoms with Crippen LogP contribution in [-0.4, -0.2) is 39.9 Å². The summed E-state index contributed by atoms with van der Waals surface area (Å²) in [6.07, 6.45) is 5.26. The molecule has 1 rings (SSSR count). The Hall–Kier alpha value is 0.170. The van der Waals surface area contributed by atoms with Crippen molar-refractivity contribution in [3.8, 4) is 0 Å². The minimum Gasteiger partial charge on any atom is -0.394 e. The van der Waals surface area contributed by atoms with E-state index in [2.05, 4.69) is 0 Å². The third kappa shape index (κ3) is 3.81. The van der Waals surface area contributed by atoms with E-state index in [9.17, 15) is 5.11 Å². The first-order valence-corrected chi connectivity index (χ1v) is 5.29. The molecule has 3 nitrogen and oxygen atoms in total. The Labute approximate surface area is 84.4 Å². The fraction of sp³-hybridized carbons (Fsp3) is 1.00. The van der Waals surface area contributed by atoms with E-state index in [1.807, 2.05) is 0 Å². The molecule has 0 bridgehead atoms. The highest BCUT2D eigenvalue weighted by Crippen LogP contribution is 2.23. The minimum absolute atomic E-state index is 0.212. The van der Waals surface area contributed by atoms with Crippen LogP contribution in [0.15, 0.2) is 0 Å². The van der Waals surface area contributed by atoms with Crippen molar-refractivity contribution in [2.24, 2.45) is 0 Å². The maximum Gasteiger partial charge on any atom is 0.0910 e. The van der Waals surface area contributed by atoms with Crippen molar-refractivity contribution in [3.05, 3.63) is 0 Å². The predicted octanol–water partition coefficient (Wildman–Crippen LogP) is 1.13. The summed E-state index contributed by atoms with van der Waals surface area (Å²) in [6.45, 7) is 0.151. The van der Waals surface area contributed by atoms with Crippen LogP contribution in [0.25, 0.3) is 0 Å². The molecule has 4 heteroatoms. The van der Waals surface area contributed by atoms with E-state index in [-0.39, 0.29) is 6.61 Å². The van der Waals surface area contributed by atoms with Crippen LogP contribution in [0.4, 0.5) is 0 Å². The molecule has 0 aromatic heterocycles. The van der Waals surface area contributed by atoms with E-state index in [1.165, 1.54) is 19.3 Å². The van der Waals surface area contributed by atoms with Gasteiger partial charge in [0.05, 0.1) is 12.7 Å². The summed E-state index contributed by atoms with van der Waals surface area (Å²) in [4.78, 5) is 0. The molecule has 0 heterocycles. The van der Waals surface area contributed by atoms with Crippen molar-refractivity contribution in [2.45, 2.75) is 44.2 Å². The second-order valence-electron chi connectivity index (χ2n) is 3.71. The van der Waals surface area contributed by atoms with E-state index >= 15 is 0 Å². The van der Waals surface area contributed by atoms with Crippen LogP contribution in [0.3, 0.4) is 0 Å². The van der Waals surface area contributed by atoms with Gasteiger partial charge in [0.25, 0.3) is 0 Å². The maximum absolute atomic E-state index is 9.18. The summed E-state index contributed by atoms with van der Waals surface area (Å²) in [5.74, 6) is 0. The maximum atomic E-state index is 9.18. The normalized spacial score (nSPS) is 22.2. The van der Waals surface area contributed by atoms with Gasteiger partial charge >= 0.3 is 0 Å². The van der Waals surface area contributed by atoms with Crippen molar-refractivity contribution < 1.29 is 10.2 Å². The molecule has 0 amide bonds. The van der Waals surface area contributed by atoms with Crippen LogP contribution in [0, 0.1) is 0 Å². The van der Waals surface area contributed by atoms with Gasteiger partial charge in [-0.1, -0.05) is 19.3 Å². The van der Waals surface area contributed by atoms with Gasteiger partial charge < -0.3 is 10.2 Å². The first-order valence-electron chi connectivity index (χ1n) is 4.95. The smallest absolute Gasteiger partial charge is 0.0910 e. The molecule has 0 aromatic rings. The van der Waals surface area contributed by atoms with Crippen LogP contribution in [0.5, 0.6) is 0 Å². The topological polar surface area (TPSA) is 43.7 Å². The summed E-state index contributed by atoms with van der Waals surface area (Å²) in [7, 11) is 0. The van der Waals surface area contributed by atoms with Gasteiger partial charge in [-0.3, -0.25) is 0 Å². The molecule has 1 fully saturated rings. The first-order chi connectivity index (χ1) is 6.24. The largest absolute Gasteiger partial charge is 0.394 e. The van der Waals surface area contributed by atoms with E-state index in [0.717, 1.165) is 12.8 Å². The summed E-state index contributed by atoms with van der Waals surface area (Å²) in [6, 6.07) is 0.386. The van der Waals surface area contributed by atoms with Crippen molar-refractivity contribution in [2.75, 3.05) is 13.2 Å². The molecule has 1 unspecified atom stereocenters. The van der Waals surface area contributed by atoms with Crippen LogP contribution in [-0.2, 0) is 0 Å². The Morgan fingerprint density at radius 2 is 1.92 bits per heavy atom. The number of hydrogen-bond donors (Lipinski definition) is 2. The van der Waals surface area contributed by atoms with Gasteiger partial charge in [-0.2, -0.15) is 0 Å². The number of aliphatic hydroxyl groups is 2. The summed E-state index contributed by atoms with van der Waals surface area (Å²) in [5.41, 5.74) is 0. The summed E-state index contributed by atoms with van der Waals surface area (Å²) >= 11 is 6.00. The molecule has 1 aliphatic rings. The fourth-order valence-corrected chi connectivity index (χ4v) is 2.12. The monoisotopic (exact) mass is 207 g/mol. The van der Waals surface area contributed by atoms with Crippen molar-refractivity contribution in [1.29, 1.82) is 0 Å². The van der Waals surface area contributed by atoms with Gasteiger partial charge in [-0.05, 0) is 24.6 Å². The zero-order valence-electron chi connectivity index (χ0n) is 7.82. The number of rotatable bonds is 4. The SMILES string of the molecule is OCC(O)CN(Cl)C1CCCCC1. The Morgan fingerprint density at radius 1 is 1.31 bits per heavy atom. The lowest BCUT2D eigenvalue weighted by Crippen LogP contribution is -2.36. The van der Waals surface area contributed by atoms with Gasteiger partial charge in [0.2, 0.25) is 0 Å². The lowest BCUT2D eigenvalue weighted by Gasteiger charge is -2.29. The highest BCUT2D eigenvalue weighted by molar-refractivity contribution is 6.13. The lowest BCUT2D eigenvalue weighted by atomic mass is 9.95. The van der Waals surface area contributed by atoms with Crippen molar-refractivity contribution in [3.63, 3.8) is 0 Å². The Morgan fingerprint density at radius 3 is 2.46 bits per heavy atom. The second-order valence-corrected chi connectivity index (χ2v) is 4.14. The molecule has 1 aliphatic carbocycles. The third-order valence-electron chi connectivity index (χ3n) is 2.57. The molecule has 0 aromatic carbocycles. The van der Waals surface area contributed by atoms with E-state index in [4.69, 9.17) is 16.9 Å². The molecule has 0 radical (unpaired) electrons. The van der Waals surface area contributed by atoms with Crippen LogP contribution < -0.4 is 0 Å². The van der Waals surface area contributed by atoms with Gasteiger partial charge in [0, 0.05) is 12.6 Å². The quantitative estimate of drug-likeness (QED) is 0.680. The predicted molar refractivity (Wildman–Crippen MR) is 52.5 cm³/mol. The van der Waals surface area contributed by atoms with Crippen molar-refractivity contribution in [1.82, 2.24) is 4.42 Å². The number of hydrogen-bond acceptors (Lipinski definition) is 3. The average molecular weight is 208 g/mol. The Bertz CT molecular complexity index is 140. The molecular formula is C9H18ClNO2. The fourth-order valence-electron chi connectivity index (χ4n) is 1.77. The number of nitrogens with zero attached hydrogens (tertiary/aromatic N) is 1. The standard InChI is InChI=1S/C9H18ClNO2/c10-11(6-9(13)7-12)8-4-2-1-3-5-8/h8-9,12-13H,1-7H2. The molecule has 78 valence electrons. The molecule has 1 saturated carbocycles. The van der Waals surface area contributed by atoms with Gasteiger partial charge in [0.1, 0.15) is 0 Å². The lowest BCUT2D eigenvalue weighted by molar-refractivity contribution is 0.0679. The average Bonchev–Trinajstić information content (AvgIpc) is 2.19. The molecule has 0 aliphatic heterocycles. The highest BCUT2D eigenvalue weighted by Gasteiger charge is 2.21. The number of halogens is 1. The van der Waals surface area contributed by atoms with E-state index < -0.39 is 6.10 Å². The van der Waals surface area contributed by atoms with Crippen LogP contribution >= 0.6 is 11.8 Å². The zero-order valence-corrected chi connectivity index (χ0v) is 8.58. The van der Waals surface area contributed by atoms with Gasteiger partial charge in [-0.25, -0.2) is 4.42 Å². The Kier molecular flexibility index (Phi) is 5.02. The Balaban J connectivity index is 2.24. The summed E-state index contributed by atoms with van der Waals surface area (Å²) < 4.78 is 1.65. The third-order valence-corrected chi connectivity index (χ3v) is 2.98. The zero-order chi connectivity index (χ0) is 9.68. The van der Waals surface area contributed by atoms with Crippen molar-refractivity contribution >= 4 is 11.8 Å². The number of aliphatic hydroxyl groups excluding tert-OH is 2. The van der Waals surface area contributed by atoms with E-state index in [0.29, 0.717) is 12.6 Å². The second kappa shape index (κ2) is 5.81.